The number of phosphoric ester groups is 3. The van der Waals surface area contributed by atoms with Crippen LogP contribution in [0.4, 0.5) is 0 Å². The van der Waals surface area contributed by atoms with E-state index >= 15 is 0 Å². The predicted octanol–water partition coefficient (Wildman–Crippen LogP) is 14.0. The summed E-state index contributed by atoms with van der Waals surface area (Å²) in [6, 6.07) is 0. The van der Waals surface area contributed by atoms with Gasteiger partial charge in [-0.1, -0.05) is 77.0 Å². The van der Waals surface area contributed by atoms with E-state index in [0.29, 0.717) is 118 Å². The highest BCUT2D eigenvalue weighted by Gasteiger charge is 2.53. The van der Waals surface area contributed by atoms with Gasteiger partial charge < -0.3 is 39.1 Å². The van der Waals surface area contributed by atoms with E-state index in [9.17, 15) is 13.7 Å². The third-order valence-corrected chi connectivity index (χ3v) is 18.6. The Morgan fingerprint density at radius 1 is 0.229 bits per heavy atom. The van der Waals surface area contributed by atoms with Crippen molar-refractivity contribution in [3.63, 3.8) is 0 Å². The van der Waals surface area contributed by atoms with Crippen molar-refractivity contribution >= 4 is 38.6 Å². The van der Waals surface area contributed by atoms with Crippen molar-refractivity contribution in [2.75, 3.05) is 119 Å². The van der Waals surface area contributed by atoms with Crippen LogP contribution in [0.15, 0.2) is 0 Å². The van der Waals surface area contributed by atoms with Gasteiger partial charge in [-0.3, -0.25) is 27.1 Å². The van der Waals surface area contributed by atoms with Crippen LogP contribution < -0.4 is 0 Å². The molecule has 0 radical (unpaired) electrons. The van der Waals surface area contributed by atoms with Gasteiger partial charge in [-0.05, 0) is 119 Å². The standard InChI is InChI=1S/3C16H35O6P.Al/c3*1-3-19-13-9-5-7-11-15-21-23(17,18)22-16-12-8-6-10-14-20-4-2;/h3*3-16H2,1-2H3,(H,17,18);/q;;;+3/p-3. The topological polar surface area (TPSA) is 190 Å². The monoisotopic (exact) mass is 1090 g/mol. The normalized spacial score (nSPS) is 12.4. The van der Waals surface area contributed by atoms with E-state index in [2.05, 4.69) is 0 Å². The SMILES string of the molecule is CCOCCCCCCOP(=O)(OCCCCCCOCC)[O][Al]([O]P(=O)(OCCCCCCOCC)OCCCCCCOCC)[O]P(=O)(OCCCCCCOCC)OCCCCCCOCC. The van der Waals surface area contributed by atoms with E-state index in [0.717, 1.165) is 116 Å². The van der Waals surface area contributed by atoms with Crippen LogP contribution in [0, 0.1) is 0 Å². The van der Waals surface area contributed by atoms with Gasteiger partial charge in [-0.25, -0.2) is 13.7 Å². The molecule has 0 amide bonds. The van der Waals surface area contributed by atoms with Crippen molar-refractivity contribution in [1.82, 2.24) is 0 Å². The lowest BCUT2D eigenvalue weighted by molar-refractivity contribution is 0.0953. The van der Waals surface area contributed by atoms with Crippen LogP contribution in [0.2, 0.25) is 0 Å². The first kappa shape index (κ1) is 70.6. The van der Waals surface area contributed by atoms with E-state index in [1.807, 2.05) is 41.5 Å². The minimum Gasteiger partial charge on any atom is -0.382 e. The van der Waals surface area contributed by atoms with E-state index in [1.54, 1.807) is 0 Å². The molecule has 0 spiro atoms. The average molecular weight is 1090 g/mol. The molecule has 420 valence electrons. The molecule has 0 N–H and O–H groups in total. The summed E-state index contributed by atoms with van der Waals surface area (Å²) in [5.41, 5.74) is 0. The van der Waals surface area contributed by atoms with Crippen LogP contribution in [0.1, 0.15) is 196 Å². The molecule has 0 unspecified atom stereocenters. The Balaban J connectivity index is 6.70. The maximum absolute atomic E-state index is 14.8. The van der Waals surface area contributed by atoms with Gasteiger partial charge in [0.05, 0.1) is 39.6 Å². The summed E-state index contributed by atoms with van der Waals surface area (Å²) in [6.07, 6.45) is 18.6. The maximum atomic E-state index is 14.8. The summed E-state index contributed by atoms with van der Waals surface area (Å²) in [7, 11) is -13.6. The number of phosphoric acid groups is 3. The maximum Gasteiger partial charge on any atom is 0.931 e. The van der Waals surface area contributed by atoms with Crippen molar-refractivity contribution in [1.29, 1.82) is 0 Å². The molecule has 0 saturated carbocycles. The quantitative estimate of drug-likeness (QED) is 0.0317. The molecule has 0 aromatic heterocycles. The molecular weight excluding hydrogens is 984 g/mol. The van der Waals surface area contributed by atoms with Crippen LogP contribution in [0.3, 0.4) is 0 Å². The van der Waals surface area contributed by atoms with Crippen molar-refractivity contribution in [2.24, 2.45) is 0 Å². The summed E-state index contributed by atoms with van der Waals surface area (Å²) in [5, 5.41) is 0. The molecule has 18 nitrogen and oxygen atoms in total. The lowest BCUT2D eigenvalue weighted by atomic mass is 10.2. The van der Waals surface area contributed by atoms with Crippen molar-refractivity contribution < 1.29 is 80.0 Å². The fourth-order valence-electron chi connectivity index (χ4n) is 6.55. The summed E-state index contributed by atoms with van der Waals surface area (Å²) in [4.78, 5) is 0. The predicted molar refractivity (Wildman–Crippen MR) is 277 cm³/mol. The number of ether oxygens (including phenoxy) is 6. The van der Waals surface area contributed by atoms with Crippen molar-refractivity contribution in [3.8, 4) is 0 Å². The van der Waals surface area contributed by atoms with Crippen LogP contribution in [-0.2, 0) is 80.0 Å². The highest BCUT2D eigenvalue weighted by Crippen LogP contribution is 2.59. The summed E-state index contributed by atoms with van der Waals surface area (Å²) >= 11 is -4.22. The summed E-state index contributed by atoms with van der Waals surface area (Å²) in [6.45, 7) is 19.8. The fraction of sp³-hybridized carbons (Fsp3) is 1.00. The molecule has 0 aliphatic carbocycles. The molecule has 70 heavy (non-hydrogen) atoms. The first-order chi connectivity index (χ1) is 34.1. The zero-order chi connectivity index (χ0) is 51.4. The van der Waals surface area contributed by atoms with Crippen LogP contribution >= 0.6 is 23.5 Å². The van der Waals surface area contributed by atoms with Crippen LogP contribution in [-0.4, -0.2) is 134 Å². The molecule has 0 aliphatic rings. The van der Waals surface area contributed by atoms with E-state index in [-0.39, 0.29) is 39.6 Å². The van der Waals surface area contributed by atoms with Crippen LogP contribution in [0.5, 0.6) is 0 Å². The zero-order valence-electron chi connectivity index (χ0n) is 45.0. The Hall–Kier alpha value is 0.622. The molecule has 0 aliphatic heterocycles. The third kappa shape index (κ3) is 47.1. The smallest absolute Gasteiger partial charge is 0.382 e. The molecule has 0 atom stereocenters. The van der Waals surface area contributed by atoms with Crippen molar-refractivity contribution in [2.45, 2.75) is 196 Å². The second-order valence-corrected chi connectivity index (χ2v) is 24.0. The zero-order valence-corrected chi connectivity index (χ0v) is 48.8. The summed E-state index contributed by atoms with van der Waals surface area (Å²) in [5.74, 6) is 0. The van der Waals surface area contributed by atoms with Crippen LogP contribution in [0.25, 0.3) is 0 Å². The Bertz CT molecular complexity index is 1020. The summed E-state index contributed by atoms with van der Waals surface area (Å²) < 4.78 is 131. The molecule has 22 heteroatoms. The first-order valence-electron chi connectivity index (χ1n) is 27.3. The molecular formula is C48H102AlO18P3. The van der Waals surface area contributed by atoms with Gasteiger partial charge in [-0.15, -0.1) is 0 Å². The minimum absolute atomic E-state index is 0.0237. The molecule has 0 aromatic carbocycles. The highest BCUT2D eigenvalue weighted by atomic mass is 31.2. The van der Waals surface area contributed by atoms with E-state index in [4.69, 9.17) is 66.3 Å². The number of unbranched alkanes of at least 4 members (excludes halogenated alkanes) is 18. The average Bonchev–Trinajstić information content (AvgIpc) is 3.34. The van der Waals surface area contributed by atoms with Gasteiger partial charge >= 0.3 is 38.6 Å². The first-order valence-corrected chi connectivity index (χ1v) is 33.1. The number of rotatable bonds is 60. The fourth-order valence-corrected chi connectivity index (χ4v) is 14.4. The Morgan fingerprint density at radius 3 is 0.514 bits per heavy atom. The lowest BCUT2D eigenvalue weighted by Crippen LogP contribution is -2.27. The van der Waals surface area contributed by atoms with Crippen molar-refractivity contribution in [3.05, 3.63) is 0 Å². The second-order valence-electron chi connectivity index (χ2n) is 16.6. The number of hydrogen-bond acceptors (Lipinski definition) is 18. The molecule has 0 bridgehead atoms. The molecule has 0 fully saturated rings. The van der Waals surface area contributed by atoms with Gasteiger partial charge in [0.2, 0.25) is 0 Å². The highest BCUT2D eigenvalue weighted by molar-refractivity contribution is 7.53. The number of hydrogen-bond donors (Lipinski definition) is 0. The van der Waals surface area contributed by atoms with E-state index < -0.39 is 38.6 Å². The molecule has 0 rings (SSSR count). The third-order valence-electron chi connectivity index (χ3n) is 10.5. The van der Waals surface area contributed by atoms with E-state index in [1.165, 1.54) is 0 Å². The second kappa shape index (κ2) is 53.0. The molecule has 0 saturated heterocycles. The van der Waals surface area contributed by atoms with Gasteiger partial charge in [0, 0.05) is 79.3 Å². The van der Waals surface area contributed by atoms with Gasteiger partial charge in [0.15, 0.2) is 0 Å². The lowest BCUT2D eigenvalue weighted by Gasteiger charge is -2.27. The largest absolute Gasteiger partial charge is 0.931 e. The Morgan fingerprint density at radius 2 is 0.371 bits per heavy atom. The Labute approximate surface area is 431 Å². The van der Waals surface area contributed by atoms with Gasteiger partial charge in [0.25, 0.3) is 0 Å². The molecule has 0 aromatic rings. The van der Waals surface area contributed by atoms with Gasteiger partial charge in [0.1, 0.15) is 0 Å². The molecule has 0 heterocycles. The van der Waals surface area contributed by atoms with Gasteiger partial charge in [-0.2, -0.15) is 0 Å². The minimum atomic E-state index is -4.53. The Kier molecular flexibility index (Phi) is 53.5.